The maximum Gasteiger partial charge on any atom is 0.336 e. The maximum atomic E-state index is 12.1. The fraction of sp³-hybridized carbons (Fsp3) is 0. The fourth-order valence-electron chi connectivity index (χ4n) is 1.55. The molecule has 1 aromatic heterocycles. The molecule has 0 aliphatic heterocycles. The zero-order valence-electron chi connectivity index (χ0n) is 9.93. The number of rotatable bonds is 3. The highest BCUT2D eigenvalue weighted by Gasteiger charge is 2.17. The van der Waals surface area contributed by atoms with E-state index in [0.717, 1.165) is 0 Å². The van der Waals surface area contributed by atoms with Crippen LogP contribution in [0.2, 0.25) is 5.15 Å². The van der Waals surface area contributed by atoms with Gasteiger partial charge in [0.25, 0.3) is 5.91 Å². The highest BCUT2D eigenvalue weighted by molar-refractivity contribution is 9.10. The van der Waals surface area contributed by atoms with Crippen molar-refractivity contribution in [1.29, 1.82) is 0 Å². The summed E-state index contributed by atoms with van der Waals surface area (Å²) in [5.41, 5.74) is -0.0543. The van der Waals surface area contributed by atoms with Gasteiger partial charge >= 0.3 is 5.97 Å². The minimum atomic E-state index is -1.18. The number of hydrogen-bond donors (Lipinski definition) is 2. The Hall–Kier alpha value is -1.92. The second-order valence-electron chi connectivity index (χ2n) is 3.79. The van der Waals surface area contributed by atoms with Gasteiger partial charge in [-0.2, -0.15) is 0 Å². The van der Waals surface area contributed by atoms with Crippen LogP contribution in [0.1, 0.15) is 20.7 Å². The van der Waals surface area contributed by atoms with Crippen LogP contribution in [-0.4, -0.2) is 22.0 Å². The van der Waals surface area contributed by atoms with Gasteiger partial charge < -0.3 is 10.4 Å². The Morgan fingerprint density at radius 2 is 1.95 bits per heavy atom. The number of nitrogens with zero attached hydrogens (tertiary/aromatic N) is 1. The van der Waals surface area contributed by atoms with Gasteiger partial charge in [-0.1, -0.05) is 33.6 Å². The number of aromatic carboxylic acids is 1. The Morgan fingerprint density at radius 3 is 2.60 bits per heavy atom. The molecule has 0 fully saturated rings. The Morgan fingerprint density at radius 1 is 1.20 bits per heavy atom. The van der Waals surface area contributed by atoms with Crippen molar-refractivity contribution in [1.82, 2.24) is 4.98 Å². The minimum Gasteiger partial charge on any atom is -0.478 e. The van der Waals surface area contributed by atoms with E-state index in [4.69, 9.17) is 16.7 Å². The average Bonchev–Trinajstić information content (AvgIpc) is 2.38. The summed E-state index contributed by atoms with van der Waals surface area (Å²) in [5, 5.41) is 11.8. The van der Waals surface area contributed by atoms with Crippen LogP contribution >= 0.6 is 27.5 Å². The molecule has 0 unspecified atom stereocenters. The van der Waals surface area contributed by atoms with E-state index >= 15 is 0 Å². The van der Waals surface area contributed by atoms with Crippen molar-refractivity contribution >= 4 is 45.2 Å². The number of aromatic nitrogens is 1. The van der Waals surface area contributed by atoms with Crippen LogP contribution in [0, 0.1) is 0 Å². The molecular weight excluding hydrogens is 348 g/mol. The van der Waals surface area contributed by atoms with Crippen LogP contribution in [0.5, 0.6) is 0 Å². The minimum absolute atomic E-state index is 0.0358. The number of hydrogen-bond acceptors (Lipinski definition) is 3. The summed E-state index contributed by atoms with van der Waals surface area (Å²) in [5.74, 6) is -1.50. The van der Waals surface area contributed by atoms with Gasteiger partial charge in [-0.3, -0.25) is 4.79 Å². The van der Waals surface area contributed by atoms with E-state index in [2.05, 4.69) is 26.2 Å². The summed E-state index contributed by atoms with van der Waals surface area (Å²) in [6.07, 6.45) is 0. The molecule has 1 heterocycles. The Kier molecular flexibility index (Phi) is 4.36. The van der Waals surface area contributed by atoms with E-state index in [9.17, 15) is 9.59 Å². The first-order valence-electron chi connectivity index (χ1n) is 5.44. The van der Waals surface area contributed by atoms with E-state index in [1.54, 1.807) is 24.3 Å². The van der Waals surface area contributed by atoms with Crippen LogP contribution in [-0.2, 0) is 0 Å². The Bertz CT molecular complexity index is 691. The average molecular weight is 356 g/mol. The van der Waals surface area contributed by atoms with Crippen molar-refractivity contribution in [2.24, 2.45) is 0 Å². The smallest absolute Gasteiger partial charge is 0.336 e. The topological polar surface area (TPSA) is 79.3 Å². The summed E-state index contributed by atoms with van der Waals surface area (Å²) in [4.78, 5) is 27.1. The third-order valence-corrected chi connectivity index (χ3v) is 3.12. The van der Waals surface area contributed by atoms with Crippen molar-refractivity contribution in [3.05, 3.63) is 57.2 Å². The molecule has 2 rings (SSSR count). The molecule has 0 aliphatic rings. The van der Waals surface area contributed by atoms with E-state index in [1.165, 1.54) is 12.1 Å². The van der Waals surface area contributed by atoms with Gasteiger partial charge in [-0.25, -0.2) is 9.78 Å². The molecule has 102 valence electrons. The van der Waals surface area contributed by atoms with Crippen molar-refractivity contribution in [2.75, 3.05) is 5.32 Å². The molecule has 2 aromatic rings. The highest BCUT2D eigenvalue weighted by atomic mass is 79.9. The summed E-state index contributed by atoms with van der Waals surface area (Å²) in [7, 11) is 0. The molecule has 1 aromatic carbocycles. The van der Waals surface area contributed by atoms with Gasteiger partial charge in [0.05, 0.1) is 11.1 Å². The zero-order chi connectivity index (χ0) is 14.7. The number of anilines is 1. The predicted octanol–water partition coefficient (Wildman–Crippen LogP) is 3.45. The molecule has 0 aliphatic carbocycles. The van der Waals surface area contributed by atoms with E-state index in [-0.39, 0.29) is 22.1 Å². The third-order valence-electron chi connectivity index (χ3n) is 2.41. The summed E-state index contributed by atoms with van der Waals surface area (Å²) >= 11 is 8.92. The lowest BCUT2D eigenvalue weighted by Gasteiger charge is -2.08. The van der Waals surface area contributed by atoms with Crippen molar-refractivity contribution in [3.63, 3.8) is 0 Å². The first kappa shape index (κ1) is 14.5. The molecule has 7 heteroatoms. The first-order chi connectivity index (χ1) is 9.47. The van der Waals surface area contributed by atoms with Gasteiger partial charge in [-0.05, 0) is 30.3 Å². The monoisotopic (exact) mass is 354 g/mol. The van der Waals surface area contributed by atoms with Crippen molar-refractivity contribution < 1.29 is 14.7 Å². The number of halogens is 2. The molecule has 20 heavy (non-hydrogen) atoms. The number of benzene rings is 1. The number of pyridine rings is 1. The molecular formula is C13H8BrClN2O3. The van der Waals surface area contributed by atoms with Crippen molar-refractivity contribution in [2.45, 2.75) is 0 Å². The molecule has 2 N–H and O–H groups in total. The summed E-state index contributed by atoms with van der Waals surface area (Å²) in [6, 6.07) is 9.10. The number of carbonyl (C=O) groups excluding carboxylic acids is 1. The lowest BCUT2D eigenvalue weighted by molar-refractivity contribution is 0.0692. The SMILES string of the molecule is O=C(O)c1ccc(Br)cc1C(=O)Nc1cccc(Cl)n1. The lowest BCUT2D eigenvalue weighted by Crippen LogP contribution is -2.17. The number of carbonyl (C=O) groups is 2. The molecule has 0 spiro atoms. The van der Waals surface area contributed by atoms with E-state index in [0.29, 0.717) is 4.47 Å². The molecule has 0 saturated heterocycles. The van der Waals surface area contributed by atoms with Crippen LogP contribution in [0.25, 0.3) is 0 Å². The third kappa shape index (κ3) is 3.34. The largest absolute Gasteiger partial charge is 0.478 e. The zero-order valence-corrected chi connectivity index (χ0v) is 12.3. The molecule has 0 saturated carbocycles. The van der Waals surface area contributed by atoms with Gasteiger partial charge in [0, 0.05) is 4.47 Å². The number of carboxylic acid groups (broad SMARTS) is 1. The normalized spacial score (nSPS) is 10.1. The van der Waals surface area contributed by atoms with Crippen molar-refractivity contribution in [3.8, 4) is 0 Å². The van der Waals surface area contributed by atoms with Crippen LogP contribution in [0.4, 0.5) is 5.82 Å². The van der Waals surface area contributed by atoms with Gasteiger partial charge in [0.15, 0.2) is 0 Å². The van der Waals surface area contributed by atoms with Gasteiger partial charge in [0.1, 0.15) is 11.0 Å². The fourth-order valence-corrected chi connectivity index (χ4v) is 2.08. The van der Waals surface area contributed by atoms with Crippen LogP contribution < -0.4 is 5.32 Å². The van der Waals surface area contributed by atoms with Crippen LogP contribution in [0.3, 0.4) is 0 Å². The first-order valence-corrected chi connectivity index (χ1v) is 6.61. The maximum absolute atomic E-state index is 12.1. The lowest BCUT2D eigenvalue weighted by atomic mass is 10.1. The molecule has 5 nitrogen and oxygen atoms in total. The molecule has 0 radical (unpaired) electrons. The van der Waals surface area contributed by atoms with E-state index in [1.807, 2.05) is 0 Å². The second-order valence-corrected chi connectivity index (χ2v) is 5.10. The highest BCUT2D eigenvalue weighted by Crippen LogP contribution is 2.18. The van der Waals surface area contributed by atoms with Gasteiger partial charge in [-0.15, -0.1) is 0 Å². The quantitative estimate of drug-likeness (QED) is 0.827. The predicted molar refractivity (Wildman–Crippen MR) is 78.3 cm³/mol. The van der Waals surface area contributed by atoms with E-state index < -0.39 is 11.9 Å². The Labute approximate surface area is 127 Å². The van der Waals surface area contributed by atoms with Gasteiger partial charge in [0.2, 0.25) is 0 Å². The number of carboxylic acids is 1. The standard InChI is InChI=1S/C13H8BrClN2O3/c14-7-4-5-8(13(19)20)9(6-7)12(18)17-11-3-1-2-10(15)16-11/h1-6H,(H,19,20)(H,16,17,18). The molecule has 1 amide bonds. The number of nitrogens with one attached hydrogen (secondary N) is 1. The number of amides is 1. The summed E-state index contributed by atoms with van der Waals surface area (Å²) < 4.78 is 0.603. The Balaban J connectivity index is 2.34. The van der Waals surface area contributed by atoms with Crippen LogP contribution in [0.15, 0.2) is 40.9 Å². The molecule has 0 atom stereocenters. The summed E-state index contributed by atoms with van der Waals surface area (Å²) in [6.45, 7) is 0. The molecule has 0 bridgehead atoms. The second kappa shape index (κ2) is 6.02.